The van der Waals surface area contributed by atoms with E-state index >= 15 is 0 Å². The lowest BCUT2D eigenvalue weighted by molar-refractivity contribution is 0.0977. The SMILES string of the molecule is Cc1ccc2nc(-c3ccc(NC(=S)NC(=O)c4ccc(OCCOc5ccccc5)cc4)cc3)sc2c1. The van der Waals surface area contributed by atoms with Gasteiger partial charge in [0.25, 0.3) is 5.91 Å². The van der Waals surface area contributed by atoms with Gasteiger partial charge in [0.15, 0.2) is 5.11 Å². The van der Waals surface area contributed by atoms with Crippen molar-refractivity contribution >= 4 is 50.5 Å². The number of nitrogens with one attached hydrogen (secondary N) is 2. The lowest BCUT2D eigenvalue weighted by atomic mass is 10.2. The maximum Gasteiger partial charge on any atom is 0.257 e. The van der Waals surface area contributed by atoms with Gasteiger partial charge >= 0.3 is 0 Å². The number of amides is 1. The Balaban J connectivity index is 1.10. The Hall–Kier alpha value is -4.27. The van der Waals surface area contributed by atoms with Crippen LogP contribution in [0.1, 0.15) is 15.9 Å². The lowest BCUT2D eigenvalue weighted by Crippen LogP contribution is -2.34. The summed E-state index contributed by atoms with van der Waals surface area (Å²) < 4.78 is 12.5. The molecular weight excluding hydrogens is 514 g/mol. The summed E-state index contributed by atoms with van der Waals surface area (Å²) in [5.41, 5.74) is 4.49. The van der Waals surface area contributed by atoms with Crippen LogP contribution in [0, 0.1) is 6.92 Å². The highest BCUT2D eigenvalue weighted by Gasteiger charge is 2.10. The average Bonchev–Trinajstić information content (AvgIpc) is 3.35. The van der Waals surface area contributed by atoms with Crippen molar-refractivity contribution in [3.05, 3.63) is 108 Å². The summed E-state index contributed by atoms with van der Waals surface area (Å²) in [6, 6.07) is 30.5. The average molecular weight is 540 g/mol. The summed E-state index contributed by atoms with van der Waals surface area (Å²) in [5.74, 6) is 1.15. The molecule has 0 fully saturated rings. The molecule has 0 spiro atoms. The maximum absolute atomic E-state index is 12.6. The summed E-state index contributed by atoms with van der Waals surface area (Å²) in [4.78, 5) is 17.3. The third-order valence-corrected chi connectivity index (χ3v) is 6.91. The number of carbonyl (C=O) groups is 1. The fourth-order valence-electron chi connectivity index (χ4n) is 3.73. The number of thiazole rings is 1. The van der Waals surface area contributed by atoms with Gasteiger partial charge in [-0.15, -0.1) is 11.3 Å². The van der Waals surface area contributed by atoms with Crippen LogP contribution in [-0.2, 0) is 0 Å². The molecule has 38 heavy (non-hydrogen) atoms. The topological polar surface area (TPSA) is 72.5 Å². The number of aromatic nitrogens is 1. The lowest BCUT2D eigenvalue weighted by Gasteiger charge is -2.11. The number of aryl methyl sites for hydroxylation is 1. The van der Waals surface area contributed by atoms with Crippen molar-refractivity contribution in [2.75, 3.05) is 18.5 Å². The van der Waals surface area contributed by atoms with Crippen molar-refractivity contribution in [2.24, 2.45) is 0 Å². The number of fused-ring (bicyclic) bond motifs is 1. The van der Waals surface area contributed by atoms with E-state index in [0.717, 1.165) is 27.5 Å². The van der Waals surface area contributed by atoms with Crippen LogP contribution in [-0.4, -0.2) is 29.2 Å². The zero-order valence-corrected chi connectivity index (χ0v) is 22.3. The number of para-hydroxylation sites is 1. The minimum absolute atomic E-state index is 0.219. The third kappa shape index (κ3) is 6.53. The van der Waals surface area contributed by atoms with Gasteiger partial charge in [0.1, 0.15) is 29.7 Å². The summed E-state index contributed by atoms with van der Waals surface area (Å²) in [5, 5.41) is 6.95. The van der Waals surface area contributed by atoms with E-state index < -0.39 is 0 Å². The van der Waals surface area contributed by atoms with Gasteiger partial charge in [-0.3, -0.25) is 10.1 Å². The molecule has 1 aromatic heterocycles. The number of carbonyl (C=O) groups excluding carboxylic acids is 1. The molecule has 5 rings (SSSR count). The normalized spacial score (nSPS) is 10.7. The van der Waals surface area contributed by atoms with Gasteiger partial charge in [-0.1, -0.05) is 24.3 Å². The Morgan fingerprint density at radius 1 is 0.868 bits per heavy atom. The summed E-state index contributed by atoms with van der Waals surface area (Å²) in [6.45, 7) is 2.90. The van der Waals surface area contributed by atoms with Crippen LogP contribution in [0.5, 0.6) is 11.5 Å². The van der Waals surface area contributed by atoms with Crippen LogP contribution < -0.4 is 20.1 Å². The largest absolute Gasteiger partial charge is 0.490 e. The van der Waals surface area contributed by atoms with Crippen molar-refractivity contribution in [3.8, 4) is 22.1 Å². The van der Waals surface area contributed by atoms with Crippen LogP contribution in [0.2, 0.25) is 0 Å². The zero-order chi connectivity index (χ0) is 26.3. The number of nitrogens with zero attached hydrogens (tertiary/aromatic N) is 1. The number of anilines is 1. The molecule has 0 aliphatic carbocycles. The molecule has 2 N–H and O–H groups in total. The Kier molecular flexibility index (Phi) is 7.92. The first-order valence-electron chi connectivity index (χ1n) is 12.0. The molecule has 0 radical (unpaired) electrons. The molecule has 0 bridgehead atoms. The molecule has 0 saturated carbocycles. The van der Waals surface area contributed by atoms with E-state index in [-0.39, 0.29) is 11.0 Å². The third-order valence-electron chi connectivity index (χ3n) is 5.64. The van der Waals surface area contributed by atoms with Gasteiger partial charge in [-0.25, -0.2) is 4.98 Å². The molecule has 1 heterocycles. The smallest absolute Gasteiger partial charge is 0.257 e. The molecule has 0 saturated heterocycles. The number of hydrogen-bond acceptors (Lipinski definition) is 6. The highest BCUT2D eigenvalue weighted by molar-refractivity contribution is 7.80. The van der Waals surface area contributed by atoms with E-state index in [2.05, 4.69) is 29.7 Å². The predicted molar refractivity (Wildman–Crippen MR) is 157 cm³/mol. The number of hydrogen-bond donors (Lipinski definition) is 2. The molecule has 0 aliphatic rings. The molecule has 8 heteroatoms. The minimum atomic E-state index is -0.303. The molecule has 0 aliphatic heterocycles. The Bertz CT molecular complexity index is 1550. The van der Waals surface area contributed by atoms with Gasteiger partial charge in [0.05, 0.1) is 10.2 Å². The summed E-state index contributed by atoms with van der Waals surface area (Å²) in [6.07, 6.45) is 0. The first kappa shape index (κ1) is 25.4. The van der Waals surface area contributed by atoms with E-state index in [4.69, 9.17) is 26.7 Å². The van der Waals surface area contributed by atoms with Gasteiger partial charge in [0.2, 0.25) is 0 Å². The van der Waals surface area contributed by atoms with Gasteiger partial charge in [0, 0.05) is 16.8 Å². The predicted octanol–water partition coefficient (Wildman–Crippen LogP) is 6.86. The van der Waals surface area contributed by atoms with E-state index in [9.17, 15) is 4.79 Å². The van der Waals surface area contributed by atoms with Crippen molar-refractivity contribution in [3.63, 3.8) is 0 Å². The van der Waals surface area contributed by atoms with Crippen molar-refractivity contribution in [1.29, 1.82) is 0 Å². The van der Waals surface area contributed by atoms with Crippen LogP contribution >= 0.6 is 23.6 Å². The molecule has 6 nitrogen and oxygen atoms in total. The molecule has 0 atom stereocenters. The Labute approximate surface area is 230 Å². The molecule has 5 aromatic rings. The second kappa shape index (κ2) is 11.9. The van der Waals surface area contributed by atoms with Crippen LogP contribution in [0.3, 0.4) is 0 Å². The van der Waals surface area contributed by atoms with Crippen LogP contribution in [0.4, 0.5) is 5.69 Å². The number of rotatable bonds is 8. The van der Waals surface area contributed by atoms with Crippen molar-refractivity contribution < 1.29 is 14.3 Å². The highest BCUT2D eigenvalue weighted by atomic mass is 32.1. The Morgan fingerprint density at radius 3 is 2.26 bits per heavy atom. The Morgan fingerprint density at radius 2 is 1.55 bits per heavy atom. The fraction of sp³-hybridized carbons (Fsp3) is 0.100. The zero-order valence-electron chi connectivity index (χ0n) is 20.6. The van der Waals surface area contributed by atoms with Gasteiger partial charge in [-0.2, -0.15) is 0 Å². The van der Waals surface area contributed by atoms with Crippen molar-refractivity contribution in [2.45, 2.75) is 6.92 Å². The number of ether oxygens (including phenoxy) is 2. The summed E-state index contributed by atoms with van der Waals surface area (Å²) >= 11 is 7.01. The molecule has 4 aromatic carbocycles. The first-order valence-corrected chi connectivity index (χ1v) is 13.3. The van der Waals surface area contributed by atoms with Crippen molar-refractivity contribution in [1.82, 2.24) is 10.3 Å². The molecule has 0 unspecified atom stereocenters. The minimum Gasteiger partial charge on any atom is -0.490 e. The van der Waals surface area contributed by atoms with E-state index in [1.807, 2.05) is 60.7 Å². The molecule has 190 valence electrons. The quantitative estimate of drug-likeness (QED) is 0.166. The van der Waals surface area contributed by atoms with E-state index in [1.54, 1.807) is 35.6 Å². The monoisotopic (exact) mass is 539 g/mol. The first-order chi connectivity index (χ1) is 18.5. The van der Waals surface area contributed by atoms with Gasteiger partial charge < -0.3 is 14.8 Å². The second-order valence-corrected chi connectivity index (χ2v) is 9.95. The van der Waals surface area contributed by atoms with Crippen LogP contribution in [0.25, 0.3) is 20.8 Å². The second-order valence-electron chi connectivity index (χ2n) is 8.51. The number of benzene rings is 4. The van der Waals surface area contributed by atoms with E-state index in [1.165, 1.54) is 10.3 Å². The van der Waals surface area contributed by atoms with Gasteiger partial charge in [-0.05, 0) is 97.5 Å². The molecule has 1 amide bonds. The highest BCUT2D eigenvalue weighted by Crippen LogP contribution is 2.31. The summed E-state index contributed by atoms with van der Waals surface area (Å²) in [7, 11) is 0. The van der Waals surface area contributed by atoms with Crippen LogP contribution in [0.15, 0.2) is 97.1 Å². The van der Waals surface area contributed by atoms with E-state index in [0.29, 0.717) is 24.5 Å². The maximum atomic E-state index is 12.6. The fourth-order valence-corrected chi connectivity index (χ4v) is 5.01. The molecular formula is C30H25N3O3S2. The standard InChI is InChI=1S/C30H25N3O3S2/c1-20-7-16-26-27(19-20)38-29(32-26)22-8-12-23(13-9-22)31-30(37)33-28(34)21-10-14-25(15-11-21)36-18-17-35-24-5-3-2-4-6-24/h2-16,19H,17-18H2,1H3,(H2,31,33,34,37). The number of thiocarbonyl (C=S) groups is 1.